The van der Waals surface area contributed by atoms with Crippen LogP contribution >= 0.6 is 0 Å². The lowest BCUT2D eigenvalue weighted by Crippen LogP contribution is -1.96. The molecule has 0 aromatic heterocycles. The van der Waals surface area contributed by atoms with Crippen molar-refractivity contribution < 1.29 is 14.5 Å². The Morgan fingerprint density at radius 3 is 2.13 bits per heavy atom. The van der Waals surface area contributed by atoms with Crippen LogP contribution in [0.4, 0.5) is 5.69 Å². The summed E-state index contributed by atoms with van der Waals surface area (Å²) in [7, 11) is 1.35. The van der Waals surface area contributed by atoms with Crippen LogP contribution in [-0.4, -0.2) is 18.0 Å². The van der Waals surface area contributed by atoms with Crippen LogP contribution in [0.2, 0.25) is 0 Å². The third-order valence-electron chi connectivity index (χ3n) is 2.82. The second-order valence-corrected chi connectivity index (χ2v) is 5.70. The first kappa shape index (κ1) is 23.4. The Morgan fingerprint density at radius 2 is 1.78 bits per heavy atom. The van der Waals surface area contributed by atoms with Gasteiger partial charge < -0.3 is 4.74 Å². The van der Waals surface area contributed by atoms with Gasteiger partial charge in [-0.15, -0.1) is 0 Å². The lowest BCUT2D eigenvalue weighted by molar-refractivity contribution is -0.384. The summed E-state index contributed by atoms with van der Waals surface area (Å²) in [6.07, 6.45) is 3.24. The number of carbonyl (C=O) groups is 1. The maximum atomic E-state index is 10.6. The number of methoxy groups -OCH3 is 1. The molecule has 0 spiro atoms. The van der Waals surface area contributed by atoms with Crippen LogP contribution in [0.5, 0.6) is 0 Å². The van der Waals surface area contributed by atoms with Crippen molar-refractivity contribution in [3.05, 3.63) is 39.4 Å². The third-order valence-corrected chi connectivity index (χ3v) is 2.82. The zero-order valence-corrected chi connectivity index (χ0v) is 15.5. The standard InChI is InChI=1S/C12H17NO2.C3H6O2.C3H8/c1-9(2)4-6-11-8-12(13(14)15)7-5-10(11)3;1-3(4)5-2;1-3-2/h5,7-9H,4,6H2,1-3H3;1-2H3;3H2,1-2H3. The van der Waals surface area contributed by atoms with Crippen LogP contribution in [-0.2, 0) is 16.0 Å². The zero-order valence-electron chi connectivity index (χ0n) is 15.5. The van der Waals surface area contributed by atoms with Crippen molar-refractivity contribution in [3.63, 3.8) is 0 Å². The molecule has 1 aromatic rings. The molecule has 0 fully saturated rings. The van der Waals surface area contributed by atoms with Gasteiger partial charge in [0, 0.05) is 19.1 Å². The first-order valence-electron chi connectivity index (χ1n) is 7.97. The molecule has 5 nitrogen and oxygen atoms in total. The number of esters is 1. The molecule has 0 radical (unpaired) electrons. The van der Waals surface area contributed by atoms with Crippen LogP contribution in [0.15, 0.2) is 18.2 Å². The van der Waals surface area contributed by atoms with E-state index in [0.717, 1.165) is 24.0 Å². The molecule has 0 atom stereocenters. The van der Waals surface area contributed by atoms with Crippen molar-refractivity contribution in [1.29, 1.82) is 0 Å². The second-order valence-electron chi connectivity index (χ2n) is 5.70. The molecule has 0 bridgehead atoms. The van der Waals surface area contributed by atoms with Crippen molar-refractivity contribution in [2.45, 2.75) is 60.8 Å². The quantitative estimate of drug-likeness (QED) is 0.439. The van der Waals surface area contributed by atoms with Gasteiger partial charge in [0.1, 0.15) is 0 Å². The maximum absolute atomic E-state index is 10.6. The highest BCUT2D eigenvalue weighted by molar-refractivity contribution is 5.65. The van der Waals surface area contributed by atoms with Gasteiger partial charge in [-0.05, 0) is 36.8 Å². The number of benzene rings is 1. The molecule has 132 valence electrons. The van der Waals surface area contributed by atoms with Gasteiger partial charge in [-0.25, -0.2) is 0 Å². The van der Waals surface area contributed by atoms with Crippen molar-refractivity contribution >= 4 is 11.7 Å². The Hall–Kier alpha value is -1.91. The fourth-order valence-electron chi connectivity index (χ4n) is 1.48. The fourth-order valence-corrected chi connectivity index (χ4v) is 1.48. The Morgan fingerprint density at radius 1 is 1.30 bits per heavy atom. The maximum Gasteiger partial charge on any atom is 0.302 e. The molecular formula is C18H31NO4. The van der Waals surface area contributed by atoms with Gasteiger partial charge in [0.15, 0.2) is 0 Å². The zero-order chi connectivity index (χ0) is 18.4. The molecule has 0 heterocycles. The van der Waals surface area contributed by atoms with Gasteiger partial charge in [-0.3, -0.25) is 14.9 Å². The number of hydrogen-bond acceptors (Lipinski definition) is 4. The highest BCUT2D eigenvalue weighted by Gasteiger charge is 2.08. The van der Waals surface area contributed by atoms with Gasteiger partial charge >= 0.3 is 5.97 Å². The summed E-state index contributed by atoms with van der Waals surface area (Å²) in [5.74, 6) is 0.383. The number of carbonyl (C=O) groups excluding carboxylic acids is 1. The molecule has 0 amide bonds. The summed E-state index contributed by atoms with van der Waals surface area (Å²) in [5, 5.41) is 10.6. The summed E-state index contributed by atoms with van der Waals surface area (Å²) < 4.78 is 4.11. The molecule has 0 aliphatic rings. The minimum atomic E-state index is -0.335. The Balaban J connectivity index is 0. The van der Waals surface area contributed by atoms with Crippen molar-refractivity contribution in [2.75, 3.05) is 7.11 Å². The number of nitrogens with zero attached hydrogens (tertiary/aromatic N) is 1. The molecule has 1 rings (SSSR count). The van der Waals surface area contributed by atoms with E-state index >= 15 is 0 Å². The Labute approximate surface area is 140 Å². The second kappa shape index (κ2) is 13.7. The molecule has 0 saturated carbocycles. The van der Waals surface area contributed by atoms with E-state index in [1.54, 1.807) is 12.1 Å². The van der Waals surface area contributed by atoms with Crippen LogP contribution in [0.1, 0.15) is 58.6 Å². The van der Waals surface area contributed by atoms with Gasteiger partial charge in [-0.2, -0.15) is 0 Å². The van der Waals surface area contributed by atoms with Crippen molar-refractivity contribution in [2.24, 2.45) is 5.92 Å². The van der Waals surface area contributed by atoms with Crippen LogP contribution in [0, 0.1) is 23.0 Å². The minimum Gasteiger partial charge on any atom is -0.469 e. The van der Waals surface area contributed by atoms with Crippen LogP contribution < -0.4 is 0 Å². The van der Waals surface area contributed by atoms with Crippen molar-refractivity contribution in [3.8, 4) is 0 Å². The van der Waals surface area contributed by atoms with E-state index in [1.807, 2.05) is 13.0 Å². The van der Waals surface area contributed by atoms with E-state index in [2.05, 4.69) is 32.4 Å². The minimum absolute atomic E-state index is 0.194. The number of hydrogen-bond donors (Lipinski definition) is 0. The van der Waals surface area contributed by atoms with E-state index in [-0.39, 0.29) is 16.6 Å². The topological polar surface area (TPSA) is 69.4 Å². The lowest BCUT2D eigenvalue weighted by atomic mass is 9.99. The van der Waals surface area contributed by atoms with Crippen molar-refractivity contribution in [1.82, 2.24) is 0 Å². The summed E-state index contributed by atoms with van der Waals surface area (Å²) in [6.45, 7) is 11.9. The van der Waals surface area contributed by atoms with E-state index in [0.29, 0.717) is 5.92 Å². The van der Waals surface area contributed by atoms with E-state index in [4.69, 9.17) is 0 Å². The van der Waals surface area contributed by atoms with Gasteiger partial charge in [0.05, 0.1) is 12.0 Å². The summed E-state index contributed by atoms with van der Waals surface area (Å²) in [5.41, 5.74) is 2.43. The SMILES string of the molecule is CCC.COC(C)=O.Cc1ccc([N+](=O)[O-])cc1CCC(C)C. The van der Waals surface area contributed by atoms with E-state index in [1.165, 1.54) is 20.5 Å². The molecule has 0 saturated heterocycles. The number of rotatable bonds is 4. The molecule has 23 heavy (non-hydrogen) atoms. The number of nitro groups is 1. The Kier molecular flexibility index (Phi) is 13.9. The summed E-state index contributed by atoms with van der Waals surface area (Å²) in [6, 6.07) is 5.08. The highest BCUT2D eigenvalue weighted by atomic mass is 16.6. The number of nitro benzene ring substituents is 1. The average molecular weight is 325 g/mol. The number of ether oxygens (including phenoxy) is 1. The summed E-state index contributed by atoms with van der Waals surface area (Å²) >= 11 is 0. The predicted molar refractivity (Wildman–Crippen MR) is 94.6 cm³/mol. The summed E-state index contributed by atoms with van der Waals surface area (Å²) in [4.78, 5) is 19.9. The highest BCUT2D eigenvalue weighted by Crippen LogP contribution is 2.19. The van der Waals surface area contributed by atoms with E-state index < -0.39 is 0 Å². The fraction of sp³-hybridized carbons (Fsp3) is 0.611. The molecule has 0 N–H and O–H groups in total. The van der Waals surface area contributed by atoms with Crippen LogP contribution in [0.25, 0.3) is 0 Å². The van der Waals surface area contributed by atoms with Gasteiger partial charge in [-0.1, -0.05) is 40.2 Å². The Bertz CT molecular complexity index is 470. The lowest BCUT2D eigenvalue weighted by Gasteiger charge is -2.07. The first-order valence-corrected chi connectivity index (χ1v) is 7.97. The molecule has 0 aliphatic carbocycles. The van der Waals surface area contributed by atoms with Gasteiger partial charge in [0.2, 0.25) is 0 Å². The largest absolute Gasteiger partial charge is 0.469 e. The molecule has 1 aromatic carbocycles. The number of aryl methyl sites for hydroxylation is 2. The predicted octanol–water partition coefficient (Wildman–Crippen LogP) is 5.09. The van der Waals surface area contributed by atoms with E-state index in [9.17, 15) is 14.9 Å². The smallest absolute Gasteiger partial charge is 0.302 e. The molecule has 5 heteroatoms. The first-order chi connectivity index (χ1) is 10.7. The third kappa shape index (κ3) is 13.5. The number of non-ortho nitro benzene ring substituents is 1. The normalized spacial score (nSPS) is 9.22. The molecule has 0 aliphatic heterocycles. The van der Waals surface area contributed by atoms with Crippen LogP contribution in [0.3, 0.4) is 0 Å². The molecule has 0 unspecified atom stereocenters. The van der Waals surface area contributed by atoms with Gasteiger partial charge in [0.25, 0.3) is 5.69 Å². The average Bonchev–Trinajstić information content (AvgIpc) is 2.47. The monoisotopic (exact) mass is 325 g/mol. The molecular weight excluding hydrogens is 294 g/mol.